The minimum Gasteiger partial charge on any atom is -0.353 e. The molecule has 30 heavy (non-hydrogen) atoms. The summed E-state index contributed by atoms with van der Waals surface area (Å²) in [6, 6.07) is 24.4. The summed E-state index contributed by atoms with van der Waals surface area (Å²) < 4.78 is 0. The van der Waals surface area contributed by atoms with E-state index in [0.29, 0.717) is 13.0 Å². The van der Waals surface area contributed by atoms with Gasteiger partial charge in [0.25, 0.3) is 0 Å². The molecule has 1 unspecified atom stereocenters. The zero-order valence-electron chi connectivity index (χ0n) is 16.6. The summed E-state index contributed by atoms with van der Waals surface area (Å²) in [5.41, 5.74) is 1.91. The van der Waals surface area contributed by atoms with Crippen LogP contribution in [0.2, 0.25) is 0 Å². The van der Waals surface area contributed by atoms with Gasteiger partial charge >= 0.3 is 6.03 Å². The number of rotatable bonds is 8. The van der Waals surface area contributed by atoms with Crippen molar-refractivity contribution in [2.45, 2.75) is 25.4 Å². The number of hydrogen-bond acceptors (Lipinski definition) is 3. The predicted molar refractivity (Wildman–Crippen MR) is 116 cm³/mol. The molecule has 0 bridgehead atoms. The van der Waals surface area contributed by atoms with Crippen LogP contribution in [0.1, 0.15) is 17.5 Å². The van der Waals surface area contributed by atoms with Crippen molar-refractivity contribution in [3.63, 3.8) is 0 Å². The molecular weight excluding hydrogens is 376 g/mol. The highest BCUT2D eigenvalue weighted by molar-refractivity contribution is 5.88. The minimum absolute atomic E-state index is 0.217. The summed E-state index contributed by atoms with van der Waals surface area (Å²) in [4.78, 5) is 25.0. The average Bonchev–Trinajstić information content (AvgIpc) is 2.78. The number of carbonyl (C=O) groups excluding carboxylic acids is 2. The van der Waals surface area contributed by atoms with Gasteiger partial charge in [-0.25, -0.2) is 4.79 Å². The zero-order valence-corrected chi connectivity index (χ0v) is 16.6. The van der Waals surface area contributed by atoms with Gasteiger partial charge in [-0.3, -0.25) is 4.79 Å². The lowest BCUT2D eigenvalue weighted by atomic mass is 10.0. The molecule has 0 aliphatic rings. The van der Waals surface area contributed by atoms with Gasteiger partial charge < -0.3 is 16.0 Å². The number of benzene rings is 3. The van der Waals surface area contributed by atoms with Crippen molar-refractivity contribution in [1.29, 1.82) is 5.26 Å². The fourth-order valence-corrected chi connectivity index (χ4v) is 3.16. The van der Waals surface area contributed by atoms with Gasteiger partial charge in [-0.15, -0.1) is 0 Å². The quantitative estimate of drug-likeness (QED) is 0.507. The monoisotopic (exact) mass is 400 g/mol. The van der Waals surface area contributed by atoms with Crippen LogP contribution in [0.4, 0.5) is 4.79 Å². The fourth-order valence-electron chi connectivity index (χ4n) is 3.16. The Morgan fingerprint density at radius 3 is 2.37 bits per heavy atom. The Balaban J connectivity index is 1.67. The average molecular weight is 400 g/mol. The molecule has 0 spiro atoms. The molecule has 3 aromatic rings. The van der Waals surface area contributed by atoms with Crippen molar-refractivity contribution in [3.05, 3.63) is 83.9 Å². The van der Waals surface area contributed by atoms with E-state index in [0.717, 1.165) is 21.9 Å². The van der Waals surface area contributed by atoms with Crippen molar-refractivity contribution >= 4 is 22.7 Å². The third-order valence-electron chi connectivity index (χ3n) is 4.71. The van der Waals surface area contributed by atoms with E-state index in [9.17, 15) is 9.59 Å². The molecule has 0 aliphatic carbocycles. The number of nitriles is 1. The number of nitrogens with zero attached hydrogens (tertiary/aromatic N) is 1. The Morgan fingerprint density at radius 2 is 1.60 bits per heavy atom. The van der Waals surface area contributed by atoms with Crippen molar-refractivity contribution < 1.29 is 9.59 Å². The SMILES string of the molecule is N#CCCNC(=O)C(Cc1ccc2ccccc2c1)NC(=O)NCc1ccccc1. The molecule has 1 atom stereocenters. The number of urea groups is 1. The van der Waals surface area contributed by atoms with Crippen molar-refractivity contribution in [2.75, 3.05) is 6.54 Å². The van der Waals surface area contributed by atoms with E-state index in [1.54, 1.807) is 0 Å². The smallest absolute Gasteiger partial charge is 0.315 e. The van der Waals surface area contributed by atoms with Crippen LogP contribution in [0.25, 0.3) is 10.8 Å². The molecule has 0 aromatic heterocycles. The summed E-state index contributed by atoms with van der Waals surface area (Å²) in [5, 5.41) is 19.2. The zero-order chi connectivity index (χ0) is 21.2. The molecule has 6 nitrogen and oxygen atoms in total. The normalized spacial score (nSPS) is 11.3. The lowest BCUT2D eigenvalue weighted by Crippen LogP contribution is -2.51. The molecule has 0 radical (unpaired) electrons. The second-order valence-electron chi connectivity index (χ2n) is 6.95. The highest BCUT2D eigenvalue weighted by atomic mass is 16.2. The number of amides is 3. The topological polar surface area (TPSA) is 94.0 Å². The van der Waals surface area contributed by atoms with Gasteiger partial charge in [-0.1, -0.05) is 72.8 Å². The summed E-state index contributed by atoms with van der Waals surface area (Å²) in [5.74, 6) is -0.312. The molecule has 0 fully saturated rings. The van der Waals surface area contributed by atoms with E-state index < -0.39 is 12.1 Å². The van der Waals surface area contributed by atoms with Crippen LogP contribution >= 0.6 is 0 Å². The number of carbonyl (C=O) groups is 2. The first kappa shape index (κ1) is 20.9. The molecule has 0 saturated heterocycles. The Hall–Kier alpha value is -3.85. The van der Waals surface area contributed by atoms with Crippen LogP contribution in [0, 0.1) is 11.3 Å². The van der Waals surface area contributed by atoms with Crippen LogP contribution in [-0.2, 0) is 17.8 Å². The molecule has 3 aromatic carbocycles. The highest BCUT2D eigenvalue weighted by Gasteiger charge is 2.21. The van der Waals surface area contributed by atoms with Gasteiger partial charge in [0.2, 0.25) is 5.91 Å². The first-order valence-corrected chi connectivity index (χ1v) is 9.86. The summed E-state index contributed by atoms with van der Waals surface area (Å²) in [6.07, 6.45) is 0.566. The molecule has 0 saturated carbocycles. The first-order chi connectivity index (χ1) is 14.7. The fraction of sp³-hybridized carbons (Fsp3) is 0.208. The summed E-state index contributed by atoms with van der Waals surface area (Å²) in [7, 11) is 0. The van der Waals surface area contributed by atoms with Crippen LogP contribution < -0.4 is 16.0 Å². The van der Waals surface area contributed by atoms with Crippen LogP contribution in [0.15, 0.2) is 72.8 Å². The summed E-state index contributed by atoms with van der Waals surface area (Å²) >= 11 is 0. The Morgan fingerprint density at radius 1 is 0.867 bits per heavy atom. The van der Waals surface area contributed by atoms with Gasteiger partial charge in [0, 0.05) is 19.5 Å². The molecule has 152 valence electrons. The Bertz CT molecular complexity index is 1040. The number of hydrogen-bond donors (Lipinski definition) is 3. The van der Waals surface area contributed by atoms with Gasteiger partial charge in [0.15, 0.2) is 0 Å². The van der Waals surface area contributed by atoms with Crippen LogP contribution in [0.5, 0.6) is 0 Å². The molecular formula is C24H24N4O2. The van der Waals surface area contributed by atoms with Crippen molar-refractivity contribution in [1.82, 2.24) is 16.0 Å². The van der Waals surface area contributed by atoms with Crippen molar-refractivity contribution in [3.8, 4) is 6.07 Å². The predicted octanol–water partition coefficient (Wildman–Crippen LogP) is 3.28. The maximum atomic E-state index is 12.6. The van der Waals surface area contributed by atoms with E-state index >= 15 is 0 Å². The third kappa shape index (κ3) is 6.08. The number of fused-ring (bicyclic) bond motifs is 1. The second kappa shape index (κ2) is 10.6. The van der Waals surface area contributed by atoms with E-state index in [1.165, 1.54) is 0 Å². The molecule has 6 heteroatoms. The Kier molecular flexibility index (Phi) is 7.39. The van der Waals surface area contributed by atoms with E-state index in [4.69, 9.17) is 5.26 Å². The first-order valence-electron chi connectivity index (χ1n) is 9.86. The lowest BCUT2D eigenvalue weighted by Gasteiger charge is -2.19. The van der Waals surface area contributed by atoms with Gasteiger partial charge in [-0.2, -0.15) is 5.26 Å². The minimum atomic E-state index is -0.749. The molecule has 3 N–H and O–H groups in total. The largest absolute Gasteiger partial charge is 0.353 e. The summed E-state index contributed by atoms with van der Waals surface area (Å²) in [6.45, 7) is 0.613. The van der Waals surface area contributed by atoms with E-state index in [-0.39, 0.29) is 18.9 Å². The lowest BCUT2D eigenvalue weighted by molar-refractivity contribution is -0.122. The van der Waals surface area contributed by atoms with Gasteiger partial charge in [-0.05, 0) is 21.9 Å². The van der Waals surface area contributed by atoms with Gasteiger partial charge in [0.1, 0.15) is 6.04 Å². The molecule has 3 rings (SSSR count). The standard InChI is InChI=1S/C24H24N4O2/c25-13-6-14-26-23(29)22(28-24(30)27-17-18-7-2-1-3-8-18)16-19-11-12-20-9-4-5-10-21(20)15-19/h1-5,7-12,15,22H,6,14,16-17H2,(H,26,29)(H2,27,28,30). The number of nitrogens with one attached hydrogen (secondary N) is 3. The molecule has 3 amide bonds. The van der Waals surface area contributed by atoms with Crippen LogP contribution in [0.3, 0.4) is 0 Å². The maximum absolute atomic E-state index is 12.6. The van der Waals surface area contributed by atoms with Crippen molar-refractivity contribution in [2.24, 2.45) is 0 Å². The Labute approximate surface area is 175 Å². The molecule has 0 heterocycles. The van der Waals surface area contributed by atoms with E-state index in [2.05, 4.69) is 16.0 Å². The third-order valence-corrected chi connectivity index (χ3v) is 4.71. The van der Waals surface area contributed by atoms with Crippen LogP contribution in [-0.4, -0.2) is 24.5 Å². The maximum Gasteiger partial charge on any atom is 0.315 e. The second-order valence-corrected chi connectivity index (χ2v) is 6.95. The van der Waals surface area contributed by atoms with E-state index in [1.807, 2.05) is 78.9 Å². The molecule has 0 aliphatic heterocycles. The van der Waals surface area contributed by atoms with Gasteiger partial charge in [0.05, 0.1) is 12.5 Å². The highest BCUT2D eigenvalue weighted by Crippen LogP contribution is 2.16.